The Bertz CT molecular complexity index is 550. The lowest BCUT2D eigenvalue weighted by molar-refractivity contribution is -0.136. The molecule has 0 N–H and O–H groups in total. The average molecular weight is 332 g/mol. The summed E-state index contributed by atoms with van der Waals surface area (Å²) in [5, 5.41) is 0. The van der Waals surface area contributed by atoms with E-state index in [1.165, 1.54) is 0 Å². The van der Waals surface area contributed by atoms with Gasteiger partial charge in [0, 0.05) is 32.6 Å². The van der Waals surface area contributed by atoms with Gasteiger partial charge in [-0.15, -0.1) is 0 Å². The first-order valence-electron chi connectivity index (χ1n) is 8.78. The number of nitrogens with zero attached hydrogens (tertiary/aromatic N) is 2. The largest absolute Gasteiger partial charge is 0.497 e. The van der Waals surface area contributed by atoms with Gasteiger partial charge in [0.2, 0.25) is 11.8 Å². The first-order valence-corrected chi connectivity index (χ1v) is 8.78. The van der Waals surface area contributed by atoms with Crippen LogP contribution in [-0.2, 0) is 16.1 Å². The molecule has 1 saturated heterocycles. The van der Waals surface area contributed by atoms with Crippen LogP contribution in [0.15, 0.2) is 24.3 Å². The Morgan fingerprint density at radius 1 is 1.21 bits per heavy atom. The van der Waals surface area contributed by atoms with Crippen molar-refractivity contribution in [3.05, 3.63) is 29.8 Å². The van der Waals surface area contributed by atoms with Crippen molar-refractivity contribution < 1.29 is 14.3 Å². The van der Waals surface area contributed by atoms with E-state index in [-0.39, 0.29) is 17.7 Å². The molecule has 24 heavy (non-hydrogen) atoms. The Morgan fingerprint density at radius 3 is 2.38 bits per heavy atom. The average Bonchev–Trinajstić information content (AvgIpc) is 2.95. The van der Waals surface area contributed by atoms with Gasteiger partial charge in [0.25, 0.3) is 0 Å². The van der Waals surface area contributed by atoms with Crippen LogP contribution in [0.1, 0.15) is 38.7 Å². The van der Waals surface area contributed by atoms with Gasteiger partial charge < -0.3 is 14.5 Å². The minimum Gasteiger partial charge on any atom is -0.497 e. The fraction of sp³-hybridized carbons (Fsp3) is 0.579. The zero-order valence-corrected chi connectivity index (χ0v) is 15.0. The van der Waals surface area contributed by atoms with Gasteiger partial charge in [-0.3, -0.25) is 9.59 Å². The molecule has 0 saturated carbocycles. The molecule has 1 aliphatic rings. The number of likely N-dealkylation sites (tertiary alicyclic amines) is 1. The molecule has 1 atom stereocenters. The van der Waals surface area contributed by atoms with E-state index in [0.717, 1.165) is 37.2 Å². The molecular formula is C19H28N2O3. The summed E-state index contributed by atoms with van der Waals surface area (Å²) in [6.45, 7) is 6.77. The number of hydrogen-bond donors (Lipinski definition) is 0. The fourth-order valence-electron chi connectivity index (χ4n) is 3.17. The molecule has 0 radical (unpaired) electrons. The van der Waals surface area contributed by atoms with Gasteiger partial charge in [0.15, 0.2) is 0 Å². The molecule has 0 bridgehead atoms. The maximum absolute atomic E-state index is 12.7. The van der Waals surface area contributed by atoms with Crippen molar-refractivity contribution in [1.82, 2.24) is 9.80 Å². The van der Waals surface area contributed by atoms with Crippen LogP contribution in [0.3, 0.4) is 0 Å². The minimum atomic E-state index is -0.200. The molecule has 1 aliphatic heterocycles. The monoisotopic (exact) mass is 332 g/mol. The molecule has 5 nitrogen and oxygen atoms in total. The van der Waals surface area contributed by atoms with E-state index in [9.17, 15) is 9.59 Å². The van der Waals surface area contributed by atoms with Crippen LogP contribution in [0, 0.1) is 5.92 Å². The Morgan fingerprint density at radius 2 is 1.83 bits per heavy atom. The van der Waals surface area contributed by atoms with Crippen LogP contribution in [0.4, 0.5) is 0 Å². The van der Waals surface area contributed by atoms with Gasteiger partial charge in [0.1, 0.15) is 5.75 Å². The van der Waals surface area contributed by atoms with Crippen molar-refractivity contribution in [2.75, 3.05) is 26.7 Å². The van der Waals surface area contributed by atoms with Crippen LogP contribution in [0.5, 0.6) is 5.75 Å². The number of methoxy groups -OCH3 is 1. The summed E-state index contributed by atoms with van der Waals surface area (Å²) in [5.41, 5.74) is 1.05. The molecule has 0 aromatic heterocycles. The predicted molar refractivity (Wildman–Crippen MR) is 93.7 cm³/mol. The Balaban J connectivity index is 1.97. The Kier molecular flexibility index (Phi) is 6.64. The normalized spacial score (nSPS) is 17.2. The van der Waals surface area contributed by atoms with E-state index in [2.05, 4.69) is 13.8 Å². The van der Waals surface area contributed by atoms with E-state index >= 15 is 0 Å². The smallest absolute Gasteiger partial charge is 0.227 e. The summed E-state index contributed by atoms with van der Waals surface area (Å²) in [4.78, 5) is 28.7. The third-order valence-electron chi connectivity index (χ3n) is 4.39. The standard InChI is InChI=1S/C19H28N2O3/c1-4-10-20(11-5-2)19(23)16-12-18(22)21(14-16)13-15-6-8-17(24-3)9-7-15/h6-9,16H,4-5,10-14H2,1-3H3/t16-/m0/s1. The maximum atomic E-state index is 12.7. The second-order valence-corrected chi connectivity index (χ2v) is 6.35. The predicted octanol–water partition coefficient (Wildman–Crippen LogP) is 2.69. The highest BCUT2D eigenvalue weighted by Gasteiger charge is 2.36. The summed E-state index contributed by atoms with van der Waals surface area (Å²) in [7, 11) is 1.63. The van der Waals surface area contributed by atoms with Gasteiger partial charge in [-0.2, -0.15) is 0 Å². The zero-order chi connectivity index (χ0) is 17.5. The van der Waals surface area contributed by atoms with Crippen molar-refractivity contribution in [1.29, 1.82) is 0 Å². The third-order valence-corrected chi connectivity index (χ3v) is 4.39. The van der Waals surface area contributed by atoms with Gasteiger partial charge in [-0.05, 0) is 30.5 Å². The lowest BCUT2D eigenvalue weighted by Gasteiger charge is -2.24. The van der Waals surface area contributed by atoms with E-state index in [4.69, 9.17) is 4.74 Å². The van der Waals surface area contributed by atoms with Crippen LogP contribution < -0.4 is 4.74 Å². The highest BCUT2D eigenvalue weighted by molar-refractivity contribution is 5.89. The third kappa shape index (κ3) is 4.49. The number of rotatable bonds is 8. The zero-order valence-electron chi connectivity index (χ0n) is 15.0. The molecule has 132 valence electrons. The Hall–Kier alpha value is -2.04. The Labute approximate surface area is 144 Å². The molecule has 1 aromatic rings. The van der Waals surface area contributed by atoms with Crippen LogP contribution in [0.2, 0.25) is 0 Å². The minimum absolute atomic E-state index is 0.0668. The van der Waals surface area contributed by atoms with Crippen LogP contribution >= 0.6 is 0 Å². The molecule has 1 fully saturated rings. The fourth-order valence-corrected chi connectivity index (χ4v) is 3.17. The number of hydrogen-bond acceptors (Lipinski definition) is 3. The lowest BCUT2D eigenvalue weighted by Crippen LogP contribution is -2.38. The number of ether oxygens (including phenoxy) is 1. The number of benzene rings is 1. The van der Waals surface area contributed by atoms with Crippen molar-refractivity contribution in [3.8, 4) is 5.75 Å². The molecule has 0 aliphatic carbocycles. The van der Waals surface area contributed by atoms with Crippen molar-refractivity contribution in [2.45, 2.75) is 39.7 Å². The highest BCUT2D eigenvalue weighted by atomic mass is 16.5. The van der Waals surface area contributed by atoms with Crippen molar-refractivity contribution in [2.24, 2.45) is 5.92 Å². The quantitative estimate of drug-likeness (QED) is 0.735. The number of carbonyl (C=O) groups excluding carboxylic acids is 2. The number of carbonyl (C=O) groups is 2. The van der Waals surface area contributed by atoms with E-state index in [0.29, 0.717) is 19.5 Å². The van der Waals surface area contributed by atoms with Crippen LogP contribution in [0.25, 0.3) is 0 Å². The molecular weight excluding hydrogens is 304 g/mol. The molecule has 0 spiro atoms. The van der Waals surface area contributed by atoms with Gasteiger partial charge in [0.05, 0.1) is 13.0 Å². The van der Waals surface area contributed by atoms with Gasteiger partial charge in [-0.1, -0.05) is 26.0 Å². The first kappa shape index (κ1) is 18.3. The SMILES string of the molecule is CCCN(CCC)C(=O)[C@H]1CC(=O)N(Cc2ccc(OC)cc2)C1. The summed E-state index contributed by atoms with van der Waals surface area (Å²) in [6, 6.07) is 7.70. The topological polar surface area (TPSA) is 49.9 Å². The molecule has 0 unspecified atom stereocenters. The van der Waals surface area contributed by atoms with Gasteiger partial charge in [-0.25, -0.2) is 0 Å². The first-order chi connectivity index (χ1) is 11.6. The van der Waals surface area contributed by atoms with Crippen LogP contribution in [-0.4, -0.2) is 48.4 Å². The van der Waals surface area contributed by atoms with Crippen molar-refractivity contribution in [3.63, 3.8) is 0 Å². The molecule has 5 heteroatoms. The molecule has 1 aromatic carbocycles. The molecule has 2 amide bonds. The number of amides is 2. The van der Waals surface area contributed by atoms with E-state index < -0.39 is 0 Å². The highest BCUT2D eigenvalue weighted by Crippen LogP contribution is 2.23. The van der Waals surface area contributed by atoms with Crippen molar-refractivity contribution >= 4 is 11.8 Å². The maximum Gasteiger partial charge on any atom is 0.227 e. The second-order valence-electron chi connectivity index (χ2n) is 6.35. The summed E-state index contributed by atoms with van der Waals surface area (Å²) < 4.78 is 5.15. The summed E-state index contributed by atoms with van der Waals surface area (Å²) in [5.74, 6) is 0.796. The van der Waals surface area contributed by atoms with E-state index in [1.807, 2.05) is 29.2 Å². The van der Waals surface area contributed by atoms with Gasteiger partial charge >= 0.3 is 0 Å². The molecule has 1 heterocycles. The molecule has 2 rings (SSSR count). The van der Waals surface area contributed by atoms with E-state index in [1.54, 1.807) is 12.0 Å². The summed E-state index contributed by atoms with van der Waals surface area (Å²) >= 11 is 0. The summed E-state index contributed by atoms with van der Waals surface area (Å²) in [6.07, 6.45) is 2.23. The second kappa shape index (κ2) is 8.71. The lowest BCUT2D eigenvalue weighted by atomic mass is 10.1.